The van der Waals surface area contributed by atoms with E-state index in [0.29, 0.717) is 10.6 Å². The maximum atomic E-state index is 12.5. The molecule has 4 rings (SSSR count). The van der Waals surface area contributed by atoms with Crippen LogP contribution in [0.2, 0.25) is 5.02 Å². The van der Waals surface area contributed by atoms with Gasteiger partial charge in [0.2, 0.25) is 4.96 Å². The first-order valence-corrected chi connectivity index (χ1v) is 9.63. The van der Waals surface area contributed by atoms with E-state index in [1.807, 2.05) is 32.0 Å². The number of aromatic nitrogens is 4. The van der Waals surface area contributed by atoms with Crippen LogP contribution < -0.4 is 5.32 Å². The van der Waals surface area contributed by atoms with Gasteiger partial charge in [-0.15, -0.1) is 10.2 Å². The van der Waals surface area contributed by atoms with E-state index in [9.17, 15) is 4.79 Å². The molecule has 0 unspecified atom stereocenters. The number of halogens is 1. The average Bonchev–Trinajstić information content (AvgIpc) is 3.24. The third kappa shape index (κ3) is 3.43. The Balaban J connectivity index is 1.65. The fourth-order valence-corrected chi connectivity index (χ4v) is 3.66. The van der Waals surface area contributed by atoms with Crippen molar-refractivity contribution in [3.63, 3.8) is 0 Å². The van der Waals surface area contributed by atoms with Gasteiger partial charge in [0, 0.05) is 28.3 Å². The molecule has 6 nitrogen and oxygen atoms in total. The first kappa shape index (κ1) is 17.6. The molecule has 0 saturated carbocycles. The van der Waals surface area contributed by atoms with Crippen LogP contribution in [0.4, 0.5) is 5.69 Å². The minimum atomic E-state index is -0.182. The van der Waals surface area contributed by atoms with E-state index >= 15 is 0 Å². The number of fused-ring (bicyclic) bond motifs is 1. The van der Waals surface area contributed by atoms with E-state index in [1.165, 1.54) is 11.3 Å². The van der Waals surface area contributed by atoms with Crippen LogP contribution in [0.3, 0.4) is 0 Å². The van der Waals surface area contributed by atoms with Crippen LogP contribution in [-0.2, 0) is 6.42 Å². The highest BCUT2D eigenvalue weighted by molar-refractivity contribution is 7.19. The predicted molar refractivity (Wildman–Crippen MR) is 108 cm³/mol. The Kier molecular flexibility index (Phi) is 4.63. The predicted octanol–water partition coefficient (Wildman–Crippen LogP) is 4.63. The van der Waals surface area contributed by atoms with Gasteiger partial charge in [0.25, 0.3) is 5.91 Å². The quantitative estimate of drug-likeness (QED) is 0.545. The van der Waals surface area contributed by atoms with Gasteiger partial charge in [-0.3, -0.25) is 4.79 Å². The molecule has 0 aliphatic rings. The topological polar surface area (TPSA) is 72.2 Å². The summed E-state index contributed by atoms with van der Waals surface area (Å²) in [5.74, 6) is 0.647. The van der Waals surface area contributed by atoms with Gasteiger partial charge >= 0.3 is 0 Å². The minimum absolute atomic E-state index is 0.182. The lowest BCUT2D eigenvalue weighted by molar-refractivity contribution is 0.102. The summed E-state index contributed by atoms with van der Waals surface area (Å²) in [6.45, 7) is 3.97. The number of hydrogen-bond donors (Lipinski definition) is 1. The molecule has 0 spiro atoms. The number of carbonyl (C=O) groups is 1. The summed E-state index contributed by atoms with van der Waals surface area (Å²) in [5, 5.41) is 17.3. The van der Waals surface area contributed by atoms with Gasteiger partial charge < -0.3 is 5.32 Å². The largest absolute Gasteiger partial charge is 0.322 e. The smallest absolute Gasteiger partial charge is 0.255 e. The van der Waals surface area contributed by atoms with Crippen molar-refractivity contribution in [2.45, 2.75) is 20.3 Å². The van der Waals surface area contributed by atoms with E-state index in [1.54, 1.807) is 28.8 Å². The molecule has 4 aromatic rings. The molecule has 2 aromatic heterocycles. The van der Waals surface area contributed by atoms with Crippen LogP contribution >= 0.6 is 22.9 Å². The lowest BCUT2D eigenvalue weighted by atomic mass is 10.1. The van der Waals surface area contributed by atoms with E-state index in [4.69, 9.17) is 11.6 Å². The number of rotatable bonds is 4. The SMILES string of the molecule is CCc1nnc2sc(-c3ccc(C)c(NC(=O)c4ccc(Cl)cc4)c3)nn12. The summed E-state index contributed by atoms with van der Waals surface area (Å²) in [4.78, 5) is 13.3. The number of benzene rings is 2. The van der Waals surface area contributed by atoms with Crippen molar-refractivity contribution in [3.8, 4) is 10.6 Å². The number of aryl methyl sites for hydroxylation is 2. The van der Waals surface area contributed by atoms with Crippen molar-refractivity contribution in [2.24, 2.45) is 0 Å². The third-order valence-corrected chi connectivity index (χ3v) is 5.41. The van der Waals surface area contributed by atoms with Gasteiger partial charge in [-0.25, -0.2) is 0 Å². The van der Waals surface area contributed by atoms with Gasteiger partial charge in [0.05, 0.1) is 0 Å². The number of hydrogen-bond acceptors (Lipinski definition) is 5. The molecule has 0 aliphatic heterocycles. The minimum Gasteiger partial charge on any atom is -0.322 e. The highest BCUT2D eigenvalue weighted by Crippen LogP contribution is 2.29. The molecule has 136 valence electrons. The lowest BCUT2D eigenvalue weighted by Gasteiger charge is -2.10. The molecule has 0 atom stereocenters. The summed E-state index contributed by atoms with van der Waals surface area (Å²) in [6.07, 6.45) is 0.765. The van der Waals surface area contributed by atoms with Crippen LogP contribution in [0.15, 0.2) is 42.5 Å². The lowest BCUT2D eigenvalue weighted by Crippen LogP contribution is -2.12. The normalized spacial score (nSPS) is 11.1. The molecule has 2 heterocycles. The maximum absolute atomic E-state index is 12.5. The number of anilines is 1. The molecule has 1 N–H and O–H groups in total. The van der Waals surface area contributed by atoms with Crippen molar-refractivity contribution in [1.29, 1.82) is 0 Å². The molecule has 0 aliphatic carbocycles. The highest BCUT2D eigenvalue weighted by atomic mass is 35.5. The number of carbonyl (C=O) groups excluding carboxylic acids is 1. The van der Waals surface area contributed by atoms with Gasteiger partial charge in [-0.1, -0.05) is 42.0 Å². The molecule has 0 bridgehead atoms. The number of amides is 1. The van der Waals surface area contributed by atoms with Crippen LogP contribution in [0.5, 0.6) is 0 Å². The Morgan fingerprint density at radius 1 is 1.19 bits per heavy atom. The summed E-state index contributed by atoms with van der Waals surface area (Å²) in [5.41, 5.74) is 3.19. The summed E-state index contributed by atoms with van der Waals surface area (Å²) in [7, 11) is 0. The van der Waals surface area contributed by atoms with Crippen molar-refractivity contribution < 1.29 is 4.79 Å². The zero-order valence-corrected chi connectivity index (χ0v) is 16.3. The monoisotopic (exact) mass is 397 g/mol. The van der Waals surface area contributed by atoms with E-state index in [-0.39, 0.29) is 5.91 Å². The van der Waals surface area contributed by atoms with E-state index in [2.05, 4.69) is 20.6 Å². The molecule has 2 aromatic carbocycles. The Morgan fingerprint density at radius 3 is 2.70 bits per heavy atom. The van der Waals surface area contributed by atoms with Gasteiger partial charge in [0.1, 0.15) is 5.01 Å². The van der Waals surface area contributed by atoms with Crippen molar-refractivity contribution in [1.82, 2.24) is 19.8 Å². The second kappa shape index (κ2) is 7.09. The van der Waals surface area contributed by atoms with Crippen LogP contribution in [-0.4, -0.2) is 25.7 Å². The Morgan fingerprint density at radius 2 is 1.96 bits per heavy atom. The van der Waals surface area contributed by atoms with Crippen molar-refractivity contribution in [2.75, 3.05) is 5.32 Å². The van der Waals surface area contributed by atoms with E-state index < -0.39 is 0 Å². The molecule has 1 amide bonds. The number of nitrogens with zero attached hydrogens (tertiary/aromatic N) is 4. The van der Waals surface area contributed by atoms with Crippen LogP contribution in [0.1, 0.15) is 28.7 Å². The summed E-state index contributed by atoms with van der Waals surface area (Å²) >= 11 is 7.36. The molecule has 0 radical (unpaired) electrons. The van der Waals surface area contributed by atoms with Gasteiger partial charge in [0.15, 0.2) is 5.82 Å². The second-order valence-electron chi connectivity index (χ2n) is 6.06. The third-order valence-electron chi connectivity index (χ3n) is 4.21. The first-order chi connectivity index (χ1) is 13.0. The van der Waals surface area contributed by atoms with Crippen LogP contribution in [0, 0.1) is 6.92 Å². The maximum Gasteiger partial charge on any atom is 0.255 e. The number of nitrogens with one attached hydrogen (secondary N) is 1. The zero-order valence-electron chi connectivity index (χ0n) is 14.7. The zero-order chi connectivity index (χ0) is 19.0. The van der Waals surface area contributed by atoms with Crippen molar-refractivity contribution >= 4 is 39.5 Å². The Bertz CT molecular complexity index is 1130. The fraction of sp³-hybridized carbons (Fsp3) is 0.158. The average molecular weight is 398 g/mol. The van der Waals surface area contributed by atoms with E-state index in [0.717, 1.165) is 39.0 Å². The second-order valence-corrected chi connectivity index (χ2v) is 7.45. The van der Waals surface area contributed by atoms with Crippen LogP contribution in [0.25, 0.3) is 15.5 Å². The molecule has 0 fully saturated rings. The standard InChI is InChI=1S/C19H16ClN5OS/c1-3-16-22-23-19-25(16)24-18(27-19)13-5-4-11(2)15(10-13)21-17(26)12-6-8-14(20)9-7-12/h4-10H,3H2,1-2H3,(H,21,26). The summed E-state index contributed by atoms with van der Waals surface area (Å²) in [6, 6.07) is 12.7. The van der Waals surface area contributed by atoms with Crippen molar-refractivity contribution in [3.05, 3.63) is 64.4 Å². The molecule has 8 heteroatoms. The summed E-state index contributed by atoms with van der Waals surface area (Å²) < 4.78 is 1.77. The fourth-order valence-electron chi connectivity index (χ4n) is 2.68. The first-order valence-electron chi connectivity index (χ1n) is 8.44. The Labute approximate surface area is 164 Å². The Hall–Kier alpha value is -2.77. The molecule has 0 saturated heterocycles. The van der Waals surface area contributed by atoms with Gasteiger partial charge in [-0.05, 0) is 42.8 Å². The molecule has 27 heavy (non-hydrogen) atoms. The molecular formula is C19H16ClN5OS. The highest BCUT2D eigenvalue weighted by Gasteiger charge is 2.14. The molecular weight excluding hydrogens is 382 g/mol. The van der Waals surface area contributed by atoms with Gasteiger partial charge in [-0.2, -0.15) is 9.61 Å².